The molecule has 0 aliphatic carbocycles. The zero-order valence-corrected chi connectivity index (χ0v) is 11.2. The predicted molar refractivity (Wildman–Crippen MR) is 73.3 cm³/mol. The van der Waals surface area contributed by atoms with Gasteiger partial charge < -0.3 is 9.88 Å². The molecule has 0 fully saturated rings. The van der Waals surface area contributed by atoms with Crippen molar-refractivity contribution in [1.29, 1.82) is 0 Å². The highest BCUT2D eigenvalue weighted by Crippen LogP contribution is 2.15. The quantitative estimate of drug-likeness (QED) is 0.757. The summed E-state index contributed by atoms with van der Waals surface area (Å²) < 4.78 is 3.59. The van der Waals surface area contributed by atoms with E-state index in [0.717, 1.165) is 6.54 Å². The van der Waals surface area contributed by atoms with E-state index in [1.165, 1.54) is 0 Å². The van der Waals surface area contributed by atoms with Crippen LogP contribution < -0.4 is 5.32 Å². The van der Waals surface area contributed by atoms with E-state index in [2.05, 4.69) is 30.2 Å². The van der Waals surface area contributed by atoms with Crippen LogP contribution in [0, 0.1) is 0 Å². The maximum atomic E-state index is 4.44. The monoisotopic (exact) mass is 270 g/mol. The van der Waals surface area contributed by atoms with E-state index in [1.807, 2.05) is 24.7 Å². The first kappa shape index (κ1) is 12.3. The van der Waals surface area contributed by atoms with Gasteiger partial charge in [-0.25, -0.2) is 9.97 Å². The van der Waals surface area contributed by atoms with Crippen LogP contribution in [0.25, 0.3) is 17.6 Å². The van der Waals surface area contributed by atoms with E-state index >= 15 is 0 Å². The molecule has 8 nitrogen and oxygen atoms in total. The summed E-state index contributed by atoms with van der Waals surface area (Å²) in [6.45, 7) is 2.72. The van der Waals surface area contributed by atoms with Crippen LogP contribution in [-0.2, 0) is 7.05 Å². The average Bonchev–Trinajstić information content (AvgIpc) is 3.09. The van der Waals surface area contributed by atoms with Crippen LogP contribution in [0.4, 0.5) is 5.95 Å². The Balaban J connectivity index is 2.12. The lowest BCUT2D eigenvalue weighted by atomic mass is 10.5. The summed E-state index contributed by atoms with van der Waals surface area (Å²) in [5.41, 5.74) is 0. The second-order valence-corrected chi connectivity index (χ2v) is 4.14. The number of hydrogen-bond acceptors (Lipinski definition) is 6. The van der Waals surface area contributed by atoms with E-state index in [0.29, 0.717) is 23.5 Å². The summed E-state index contributed by atoms with van der Waals surface area (Å²) in [4.78, 5) is 21.5. The van der Waals surface area contributed by atoms with Gasteiger partial charge in [-0.3, -0.25) is 4.57 Å². The van der Waals surface area contributed by atoms with E-state index < -0.39 is 0 Å². The Morgan fingerprint density at radius 3 is 2.70 bits per heavy atom. The number of nitrogens with zero attached hydrogens (tertiary/aromatic N) is 7. The topological polar surface area (TPSA) is 86.3 Å². The number of nitrogens with one attached hydrogen (secondary N) is 1. The van der Waals surface area contributed by atoms with Crippen molar-refractivity contribution >= 4 is 5.95 Å². The molecule has 3 aromatic heterocycles. The molecular formula is C12H14N8. The molecule has 0 radical (unpaired) electrons. The molecule has 102 valence electrons. The van der Waals surface area contributed by atoms with E-state index in [-0.39, 0.29) is 0 Å². The first-order valence-electron chi connectivity index (χ1n) is 6.24. The lowest BCUT2D eigenvalue weighted by Gasteiger charge is -2.07. The maximum absolute atomic E-state index is 4.44. The van der Waals surface area contributed by atoms with Gasteiger partial charge in [0.25, 0.3) is 0 Å². The third-order valence-corrected chi connectivity index (χ3v) is 2.72. The number of aryl methyl sites for hydroxylation is 1. The van der Waals surface area contributed by atoms with Crippen molar-refractivity contribution in [1.82, 2.24) is 34.1 Å². The SMILES string of the molecule is CCNc1nc(-c2nccn2C)nc(-n2ccnc2)n1. The summed E-state index contributed by atoms with van der Waals surface area (Å²) in [5.74, 6) is 2.23. The molecule has 0 bridgehead atoms. The molecule has 1 N–H and O–H groups in total. The normalized spacial score (nSPS) is 10.7. The fraction of sp³-hybridized carbons (Fsp3) is 0.250. The van der Waals surface area contributed by atoms with Crippen molar-refractivity contribution in [2.24, 2.45) is 7.05 Å². The van der Waals surface area contributed by atoms with Gasteiger partial charge in [0.2, 0.25) is 17.7 Å². The van der Waals surface area contributed by atoms with Crippen molar-refractivity contribution in [2.45, 2.75) is 6.92 Å². The Bertz CT molecular complexity index is 700. The predicted octanol–water partition coefficient (Wildman–Crippen LogP) is 0.890. The van der Waals surface area contributed by atoms with Crippen molar-refractivity contribution in [3.05, 3.63) is 31.1 Å². The van der Waals surface area contributed by atoms with Gasteiger partial charge in [0.1, 0.15) is 6.33 Å². The van der Waals surface area contributed by atoms with Gasteiger partial charge >= 0.3 is 0 Å². The van der Waals surface area contributed by atoms with Gasteiger partial charge in [-0.05, 0) is 6.92 Å². The fourth-order valence-electron chi connectivity index (χ4n) is 1.78. The number of anilines is 1. The Morgan fingerprint density at radius 2 is 2.05 bits per heavy atom. The van der Waals surface area contributed by atoms with E-state index in [1.54, 1.807) is 29.5 Å². The molecule has 3 rings (SSSR count). The second kappa shape index (κ2) is 5.08. The standard InChI is InChI=1S/C12H14N8/c1-3-14-11-16-9(10-15-5-6-19(10)2)17-12(18-11)20-7-4-13-8-20/h4-8H,3H2,1-2H3,(H,14,16,17,18). The Morgan fingerprint density at radius 1 is 1.15 bits per heavy atom. The molecule has 0 unspecified atom stereocenters. The highest BCUT2D eigenvalue weighted by atomic mass is 15.3. The smallest absolute Gasteiger partial charge is 0.240 e. The maximum Gasteiger partial charge on any atom is 0.240 e. The van der Waals surface area contributed by atoms with Gasteiger partial charge in [0.05, 0.1) is 0 Å². The van der Waals surface area contributed by atoms with E-state index in [4.69, 9.17) is 0 Å². The van der Waals surface area contributed by atoms with Crippen LogP contribution in [-0.4, -0.2) is 40.6 Å². The summed E-state index contributed by atoms with van der Waals surface area (Å²) in [6, 6.07) is 0. The summed E-state index contributed by atoms with van der Waals surface area (Å²) in [7, 11) is 1.90. The van der Waals surface area contributed by atoms with Gasteiger partial charge in [-0.2, -0.15) is 15.0 Å². The van der Waals surface area contributed by atoms with Gasteiger partial charge in [-0.15, -0.1) is 0 Å². The minimum absolute atomic E-state index is 0.506. The minimum atomic E-state index is 0.506. The highest BCUT2D eigenvalue weighted by molar-refractivity contribution is 5.48. The first-order chi connectivity index (χ1) is 9.78. The van der Waals surface area contributed by atoms with Crippen molar-refractivity contribution in [3.8, 4) is 17.6 Å². The molecule has 0 amide bonds. The third-order valence-electron chi connectivity index (χ3n) is 2.72. The number of aromatic nitrogens is 7. The molecule has 3 heterocycles. The number of rotatable bonds is 4. The Kier molecular flexibility index (Phi) is 3.12. The Hall–Kier alpha value is -2.77. The fourth-order valence-corrected chi connectivity index (χ4v) is 1.78. The number of imidazole rings is 2. The van der Waals surface area contributed by atoms with Gasteiger partial charge in [0, 0.05) is 38.4 Å². The summed E-state index contributed by atoms with van der Waals surface area (Å²) in [5, 5.41) is 3.10. The summed E-state index contributed by atoms with van der Waals surface area (Å²) >= 11 is 0. The van der Waals surface area contributed by atoms with E-state index in [9.17, 15) is 0 Å². The van der Waals surface area contributed by atoms with Gasteiger partial charge in [-0.1, -0.05) is 0 Å². The molecular weight excluding hydrogens is 256 g/mol. The van der Waals surface area contributed by atoms with Gasteiger partial charge in [0.15, 0.2) is 5.82 Å². The van der Waals surface area contributed by atoms with Crippen molar-refractivity contribution in [3.63, 3.8) is 0 Å². The summed E-state index contributed by atoms with van der Waals surface area (Å²) in [6.07, 6.45) is 8.67. The lowest BCUT2D eigenvalue weighted by molar-refractivity contribution is 0.864. The molecule has 0 saturated heterocycles. The van der Waals surface area contributed by atoms with Crippen LogP contribution in [0.5, 0.6) is 0 Å². The van der Waals surface area contributed by atoms with Crippen LogP contribution in [0.2, 0.25) is 0 Å². The van der Waals surface area contributed by atoms with Crippen molar-refractivity contribution in [2.75, 3.05) is 11.9 Å². The molecule has 0 aliphatic heterocycles. The van der Waals surface area contributed by atoms with Crippen LogP contribution >= 0.6 is 0 Å². The molecule has 0 atom stereocenters. The second-order valence-electron chi connectivity index (χ2n) is 4.14. The first-order valence-corrected chi connectivity index (χ1v) is 6.24. The Labute approximate surface area is 115 Å². The molecule has 0 aromatic carbocycles. The van der Waals surface area contributed by atoms with Crippen LogP contribution in [0.15, 0.2) is 31.1 Å². The molecule has 8 heteroatoms. The average molecular weight is 270 g/mol. The third kappa shape index (κ3) is 2.22. The minimum Gasteiger partial charge on any atom is -0.354 e. The van der Waals surface area contributed by atoms with Crippen LogP contribution in [0.3, 0.4) is 0 Å². The molecule has 3 aromatic rings. The highest BCUT2D eigenvalue weighted by Gasteiger charge is 2.12. The zero-order chi connectivity index (χ0) is 13.9. The molecule has 20 heavy (non-hydrogen) atoms. The largest absolute Gasteiger partial charge is 0.354 e. The number of hydrogen-bond donors (Lipinski definition) is 1. The molecule has 0 aliphatic rings. The van der Waals surface area contributed by atoms with Crippen LogP contribution in [0.1, 0.15) is 6.92 Å². The zero-order valence-electron chi connectivity index (χ0n) is 11.2. The molecule has 0 saturated carbocycles. The van der Waals surface area contributed by atoms with Crippen molar-refractivity contribution < 1.29 is 0 Å². The molecule has 0 spiro atoms. The lowest BCUT2D eigenvalue weighted by Crippen LogP contribution is -2.10.